The number of carbonyl (C=O) groups is 1. The van der Waals surface area contributed by atoms with Gasteiger partial charge in [-0.05, 0) is 67.1 Å². The number of ether oxygens (including phenoxy) is 1. The van der Waals surface area contributed by atoms with Gasteiger partial charge in [0.1, 0.15) is 0 Å². The van der Waals surface area contributed by atoms with Gasteiger partial charge in [-0.25, -0.2) is 4.79 Å². The molecule has 4 bridgehead atoms. The molecule has 2 nitrogen and oxygen atoms in total. The number of hydrogen-bond donors (Lipinski definition) is 0. The van der Waals surface area contributed by atoms with Gasteiger partial charge in [0.2, 0.25) is 0 Å². The summed E-state index contributed by atoms with van der Waals surface area (Å²) in [6.45, 7) is 3.96. The van der Waals surface area contributed by atoms with Gasteiger partial charge in [0.25, 0.3) is 0 Å². The Labute approximate surface area is 140 Å². The lowest BCUT2D eigenvalue weighted by molar-refractivity contribution is -0.137. The Kier molecular flexibility index (Phi) is 4.34. The third kappa shape index (κ3) is 2.79. The largest absolute Gasteiger partial charge is 0.463 e. The van der Waals surface area contributed by atoms with Gasteiger partial charge in [0.15, 0.2) is 0 Å². The summed E-state index contributed by atoms with van der Waals surface area (Å²) in [5.74, 6) is 6.89. The Hall–Kier alpha value is -1.05. The molecule has 4 rings (SSSR count). The molecular weight excluding hydrogens is 284 g/mol. The lowest BCUT2D eigenvalue weighted by atomic mass is 9.68. The summed E-state index contributed by atoms with van der Waals surface area (Å²) >= 11 is 0. The topological polar surface area (TPSA) is 26.3 Å². The van der Waals surface area contributed by atoms with Crippen LogP contribution in [0, 0.1) is 41.4 Å². The van der Waals surface area contributed by atoms with Crippen LogP contribution in [-0.4, -0.2) is 12.6 Å². The molecule has 7 atom stereocenters. The molecule has 0 aromatic rings. The molecule has 126 valence electrons. The number of carbonyl (C=O) groups excluding carboxylic acids is 1. The van der Waals surface area contributed by atoms with E-state index in [2.05, 4.69) is 18.7 Å². The van der Waals surface area contributed by atoms with Crippen molar-refractivity contribution >= 4 is 5.97 Å². The Morgan fingerprint density at radius 3 is 2.65 bits per heavy atom. The molecule has 0 amide bonds. The molecule has 0 heterocycles. The summed E-state index contributed by atoms with van der Waals surface area (Å²) in [6.07, 6.45) is 17.2. The van der Waals surface area contributed by atoms with E-state index in [1.807, 2.05) is 0 Å². The number of hydrogen-bond acceptors (Lipinski definition) is 2. The minimum absolute atomic E-state index is 0.290. The summed E-state index contributed by atoms with van der Waals surface area (Å²) in [5.41, 5.74) is 0. The number of allylic oxidation sites excluding steroid dienone is 2. The van der Waals surface area contributed by atoms with Crippen LogP contribution in [-0.2, 0) is 9.53 Å². The summed E-state index contributed by atoms with van der Waals surface area (Å²) < 4.78 is 5.02. The van der Waals surface area contributed by atoms with Crippen molar-refractivity contribution in [2.75, 3.05) is 6.61 Å². The zero-order valence-electron chi connectivity index (χ0n) is 14.2. The van der Waals surface area contributed by atoms with Crippen LogP contribution < -0.4 is 0 Å². The minimum Gasteiger partial charge on any atom is -0.463 e. The number of unbranched alkanes of at least 4 members (excludes halogenated alkanes) is 3. The summed E-state index contributed by atoms with van der Waals surface area (Å²) in [5, 5.41) is 0. The summed E-state index contributed by atoms with van der Waals surface area (Å²) in [4.78, 5) is 10.9. The van der Waals surface area contributed by atoms with Crippen LogP contribution in [0.25, 0.3) is 0 Å². The molecule has 0 spiro atoms. The molecule has 0 saturated heterocycles. The normalized spacial score (nSPS) is 42.2. The molecule has 0 aromatic carbocycles. The van der Waals surface area contributed by atoms with E-state index >= 15 is 0 Å². The zero-order chi connectivity index (χ0) is 15.8. The van der Waals surface area contributed by atoms with Gasteiger partial charge in [0.05, 0.1) is 6.61 Å². The monoisotopic (exact) mass is 314 g/mol. The van der Waals surface area contributed by atoms with Gasteiger partial charge >= 0.3 is 5.97 Å². The second kappa shape index (κ2) is 6.45. The van der Waals surface area contributed by atoms with E-state index in [1.165, 1.54) is 44.6 Å². The zero-order valence-corrected chi connectivity index (χ0v) is 14.2. The smallest absolute Gasteiger partial charge is 0.330 e. The first-order valence-electron chi connectivity index (χ1n) is 9.75. The lowest BCUT2D eigenvalue weighted by Crippen LogP contribution is -2.30. The highest BCUT2D eigenvalue weighted by Crippen LogP contribution is 2.67. The second-order valence-electron chi connectivity index (χ2n) is 8.33. The number of fused-ring (bicyclic) bond motifs is 9. The van der Waals surface area contributed by atoms with Crippen molar-refractivity contribution in [2.24, 2.45) is 41.4 Å². The molecule has 23 heavy (non-hydrogen) atoms. The predicted molar refractivity (Wildman–Crippen MR) is 91.7 cm³/mol. The Bertz CT molecular complexity index is 494. The van der Waals surface area contributed by atoms with Crippen LogP contribution in [0.5, 0.6) is 0 Å². The maximum atomic E-state index is 10.9. The molecular formula is C21H30O2. The fourth-order valence-electron chi connectivity index (χ4n) is 6.58. The van der Waals surface area contributed by atoms with E-state index in [4.69, 9.17) is 4.74 Å². The first kappa shape index (κ1) is 15.5. The van der Waals surface area contributed by atoms with E-state index in [9.17, 15) is 4.79 Å². The first-order chi connectivity index (χ1) is 11.3. The minimum atomic E-state index is -0.290. The average molecular weight is 314 g/mol. The van der Waals surface area contributed by atoms with Gasteiger partial charge in [-0.1, -0.05) is 44.4 Å². The molecule has 7 unspecified atom stereocenters. The number of rotatable bonds is 8. The maximum Gasteiger partial charge on any atom is 0.330 e. The van der Waals surface area contributed by atoms with Crippen LogP contribution in [0.15, 0.2) is 24.8 Å². The highest BCUT2D eigenvalue weighted by atomic mass is 16.5. The first-order valence-corrected chi connectivity index (χ1v) is 9.75. The molecule has 2 heteroatoms. The molecule has 4 aliphatic carbocycles. The van der Waals surface area contributed by atoms with Crippen LogP contribution >= 0.6 is 0 Å². The fourth-order valence-corrected chi connectivity index (χ4v) is 6.58. The van der Waals surface area contributed by atoms with Crippen LogP contribution in [0.3, 0.4) is 0 Å². The Morgan fingerprint density at radius 2 is 1.83 bits per heavy atom. The van der Waals surface area contributed by atoms with Crippen molar-refractivity contribution in [1.82, 2.24) is 0 Å². The summed E-state index contributed by atoms with van der Waals surface area (Å²) in [6, 6.07) is 0. The van der Waals surface area contributed by atoms with E-state index in [-0.39, 0.29) is 5.97 Å². The highest BCUT2D eigenvalue weighted by molar-refractivity contribution is 5.81. The van der Waals surface area contributed by atoms with E-state index in [0.717, 1.165) is 47.8 Å². The van der Waals surface area contributed by atoms with E-state index < -0.39 is 0 Å². The van der Waals surface area contributed by atoms with E-state index in [0.29, 0.717) is 6.61 Å². The molecule has 4 aliphatic rings. The van der Waals surface area contributed by atoms with Gasteiger partial charge in [-0.3, -0.25) is 0 Å². The number of esters is 1. The lowest BCUT2D eigenvalue weighted by Gasteiger charge is -2.36. The fraction of sp³-hybridized carbons (Fsp3) is 0.762. The Balaban J connectivity index is 1.15. The van der Waals surface area contributed by atoms with Crippen LogP contribution in [0.4, 0.5) is 0 Å². The molecule has 3 fully saturated rings. The standard InChI is InChI=1S/C21H30O2/c1-2-19(22)23-10-6-4-3-5-7-14-11-17-13-18(14)21-16-9-8-15(12-16)20(17)21/h2,8-9,14-18,20-21H,1,3-7,10-13H2. The maximum absolute atomic E-state index is 10.9. The van der Waals surface area contributed by atoms with Crippen molar-refractivity contribution < 1.29 is 9.53 Å². The third-order valence-electron chi connectivity index (χ3n) is 7.29. The molecule has 0 radical (unpaired) electrons. The van der Waals surface area contributed by atoms with Crippen LogP contribution in [0.1, 0.15) is 51.4 Å². The second-order valence-corrected chi connectivity index (χ2v) is 8.33. The van der Waals surface area contributed by atoms with Gasteiger partial charge in [0, 0.05) is 6.08 Å². The molecule has 0 aliphatic heterocycles. The van der Waals surface area contributed by atoms with Crippen molar-refractivity contribution in [1.29, 1.82) is 0 Å². The van der Waals surface area contributed by atoms with Crippen molar-refractivity contribution in [3.8, 4) is 0 Å². The third-order valence-corrected chi connectivity index (χ3v) is 7.29. The van der Waals surface area contributed by atoms with Crippen molar-refractivity contribution in [2.45, 2.75) is 51.4 Å². The van der Waals surface area contributed by atoms with E-state index in [1.54, 1.807) is 6.42 Å². The van der Waals surface area contributed by atoms with Crippen molar-refractivity contribution in [3.05, 3.63) is 24.8 Å². The highest BCUT2D eigenvalue weighted by Gasteiger charge is 2.60. The molecule has 3 saturated carbocycles. The molecule has 0 aromatic heterocycles. The van der Waals surface area contributed by atoms with Gasteiger partial charge < -0.3 is 4.74 Å². The predicted octanol–water partition coefficient (Wildman–Crippen LogP) is 4.76. The SMILES string of the molecule is C=CC(=O)OCCCCCCC1CC2CC1C1C3C=CC(C3)C21. The average Bonchev–Trinajstić information content (AvgIpc) is 3.31. The Morgan fingerprint density at radius 1 is 1.04 bits per heavy atom. The quantitative estimate of drug-likeness (QED) is 0.212. The van der Waals surface area contributed by atoms with Gasteiger partial charge in [-0.2, -0.15) is 0 Å². The summed E-state index contributed by atoms with van der Waals surface area (Å²) in [7, 11) is 0. The van der Waals surface area contributed by atoms with Crippen molar-refractivity contribution in [3.63, 3.8) is 0 Å². The molecule has 0 N–H and O–H groups in total. The van der Waals surface area contributed by atoms with Gasteiger partial charge in [-0.15, -0.1) is 0 Å². The van der Waals surface area contributed by atoms with Crippen LogP contribution in [0.2, 0.25) is 0 Å².